The molecule has 0 radical (unpaired) electrons. The van der Waals surface area contributed by atoms with Gasteiger partial charge in [0, 0.05) is 34.4 Å². The molecule has 3 heterocycles. The Morgan fingerprint density at radius 2 is 1.40 bits per heavy atom. The van der Waals surface area contributed by atoms with Crippen molar-refractivity contribution >= 4 is 40.1 Å². The van der Waals surface area contributed by atoms with Gasteiger partial charge in [-0.1, -0.05) is 60.7 Å². The largest absolute Gasteiger partial charge is 0.320 e. The topological polar surface area (TPSA) is 47.5 Å². The molecule has 0 spiro atoms. The second-order valence-electron chi connectivity index (χ2n) is 8.24. The average Bonchev–Trinajstić information content (AvgIpc) is 3.50. The van der Waals surface area contributed by atoms with Crippen molar-refractivity contribution in [2.24, 2.45) is 9.98 Å². The van der Waals surface area contributed by atoms with Crippen LogP contribution in [0.25, 0.3) is 27.5 Å². The summed E-state index contributed by atoms with van der Waals surface area (Å²) in [6, 6.07) is 35.0. The highest BCUT2D eigenvalue weighted by Crippen LogP contribution is 2.30. The van der Waals surface area contributed by atoms with Crippen LogP contribution in [0.15, 0.2) is 126 Å². The fourth-order valence-electron chi connectivity index (χ4n) is 4.67. The van der Waals surface area contributed by atoms with E-state index in [-0.39, 0.29) is 0 Å². The molecule has 6 rings (SSSR count). The van der Waals surface area contributed by atoms with Gasteiger partial charge < -0.3 is 9.13 Å². The van der Waals surface area contributed by atoms with Crippen LogP contribution in [0.1, 0.15) is 11.3 Å². The molecule has 168 valence electrons. The van der Waals surface area contributed by atoms with Crippen molar-refractivity contribution in [3.63, 3.8) is 0 Å². The van der Waals surface area contributed by atoms with E-state index in [1.807, 2.05) is 65.4 Å². The molecule has 0 bridgehead atoms. The lowest BCUT2D eigenvalue weighted by Gasteiger charge is -2.11. The second kappa shape index (κ2) is 8.88. The zero-order valence-electron chi connectivity index (χ0n) is 19.1. The Kier molecular flexibility index (Phi) is 5.28. The summed E-state index contributed by atoms with van der Waals surface area (Å²) in [6.07, 6.45) is 3.80. The molecule has 0 aliphatic carbocycles. The summed E-state index contributed by atoms with van der Waals surface area (Å²) in [4.78, 5) is 14.2. The van der Waals surface area contributed by atoms with E-state index in [9.17, 15) is 0 Å². The maximum atomic E-state index is 5.14. The van der Waals surface area contributed by atoms with E-state index in [0.717, 1.165) is 39.5 Å². The molecule has 0 atom stereocenters. The van der Waals surface area contributed by atoms with E-state index < -0.39 is 0 Å². The Bertz CT molecular complexity index is 1620. The van der Waals surface area contributed by atoms with Crippen molar-refractivity contribution in [3.05, 3.63) is 127 Å². The first-order valence-electron chi connectivity index (χ1n) is 11.5. The van der Waals surface area contributed by atoms with E-state index in [1.165, 1.54) is 10.8 Å². The number of para-hydroxylation sites is 3. The number of benzene rings is 3. The first kappa shape index (κ1) is 20.8. The molecule has 0 unspecified atom stereocenters. The van der Waals surface area contributed by atoms with Gasteiger partial charge in [-0.3, -0.25) is 9.98 Å². The Balaban J connectivity index is 1.53. The maximum Gasteiger partial charge on any atom is 0.145 e. The van der Waals surface area contributed by atoms with Crippen LogP contribution in [0.4, 0.5) is 5.82 Å². The van der Waals surface area contributed by atoms with Crippen LogP contribution < -0.4 is 0 Å². The fourth-order valence-corrected chi connectivity index (χ4v) is 4.67. The van der Waals surface area contributed by atoms with Crippen molar-refractivity contribution in [2.75, 3.05) is 0 Å². The third-order valence-corrected chi connectivity index (χ3v) is 6.26. The number of nitrogens with zero attached hydrogens (tertiary/aromatic N) is 5. The van der Waals surface area contributed by atoms with Gasteiger partial charge in [0.2, 0.25) is 0 Å². The standard InChI is InChI=1S/C30H23N5/c1-31-30-25(18-20-34(30)22-11-3-2-4-12-22)29(26-15-9-10-19-32-26)33-21-35-27-16-7-5-13-23(27)24-14-6-8-17-28(24)35/h2-20H,1,21H2/b33-29+. The van der Waals surface area contributed by atoms with Gasteiger partial charge in [-0.25, -0.2) is 4.99 Å². The third kappa shape index (κ3) is 3.63. The van der Waals surface area contributed by atoms with Crippen LogP contribution in [0.2, 0.25) is 0 Å². The molecule has 5 nitrogen and oxygen atoms in total. The number of aliphatic imine (C=N–C) groups is 2. The summed E-state index contributed by atoms with van der Waals surface area (Å²) < 4.78 is 4.28. The van der Waals surface area contributed by atoms with Crippen LogP contribution in [0.3, 0.4) is 0 Å². The monoisotopic (exact) mass is 453 g/mol. The maximum absolute atomic E-state index is 5.14. The SMILES string of the molecule is C=Nc1c(/C(=N\Cn2c3ccccc3c3ccccc32)c2ccccn2)ccn1-c1ccccc1. The molecule has 5 heteroatoms. The lowest BCUT2D eigenvalue weighted by molar-refractivity contribution is 0.792. The van der Waals surface area contributed by atoms with Crippen LogP contribution in [0.5, 0.6) is 0 Å². The van der Waals surface area contributed by atoms with Gasteiger partial charge in [-0.15, -0.1) is 0 Å². The summed E-state index contributed by atoms with van der Waals surface area (Å²) in [7, 11) is 0. The molecule has 0 saturated carbocycles. The summed E-state index contributed by atoms with van der Waals surface area (Å²) in [5.74, 6) is 0.739. The van der Waals surface area contributed by atoms with Crippen LogP contribution in [-0.2, 0) is 6.67 Å². The normalized spacial score (nSPS) is 11.8. The first-order valence-corrected chi connectivity index (χ1v) is 11.5. The number of hydrogen-bond donors (Lipinski definition) is 0. The minimum Gasteiger partial charge on any atom is -0.320 e. The fraction of sp³-hybridized carbons (Fsp3) is 0.0333. The highest BCUT2D eigenvalue weighted by atomic mass is 15.1. The Hall–Kier alpha value is -4.77. The van der Waals surface area contributed by atoms with E-state index in [2.05, 4.69) is 69.8 Å². The number of rotatable bonds is 6. The molecule has 3 aromatic heterocycles. The van der Waals surface area contributed by atoms with E-state index >= 15 is 0 Å². The molecule has 0 fully saturated rings. The van der Waals surface area contributed by atoms with Crippen molar-refractivity contribution in [3.8, 4) is 5.69 Å². The van der Waals surface area contributed by atoms with Crippen molar-refractivity contribution in [2.45, 2.75) is 6.67 Å². The number of aromatic nitrogens is 3. The lowest BCUT2D eigenvalue weighted by atomic mass is 10.1. The van der Waals surface area contributed by atoms with Gasteiger partial charge in [0.25, 0.3) is 0 Å². The molecule has 0 N–H and O–H groups in total. The van der Waals surface area contributed by atoms with Gasteiger partial charge >= 0.3 is 0 Å². The Labute approximate surface area is 203 Å². The summed E-state index contributed by atoms with van der Waals surface area (Å²) in [5.41, 5.74) is 5.80. The zero-order valence-corrected chi connectivity index (χ0v) is 19.1. The van der Waals surface area contributed by atoms with Gasteiger partial charge in [0.1, 0.15) is 12.5 Å². The predicted octanol–water partition coefficient (Wildman–Crippen LogP) is 6.81. The lowest BCUT2D eigenvalue weighted by Crippen LogP contribution is -2.08. The van der Waals surface area contributed by atoms with Crippen LogP contribution in [0, 0.1) is 0 Å². The zero-order chi connectivity index (χ0) is 23.6. The molecule has 3 aromatic carbocycles. The van der Waals surface area contributed by atoms with Gasteiger partial charge in [0.15, 0.2) is 0 Å². The van der Waals surface area contributed by atoms with Crippen molar-refractivity contribution in [1.82, 2.24) is 14.1 Å². The summed E-state index contributed by atoms with van der Waals surface area (Å²) >= 11 is 0. The number of fused-ring (bicyclic) bond motifs is 3. The average molecular weight is 454 g/mol. The first-order chi connectivity index (χ1) is 17.3. The molecule has 35 heavy (non-hydrogen) atoms. The van der Waals surface area contributed by atoms with E-state index in [1.54, 1.807) is 6.20 Å². The molecular formula is C30H23N5. The molecule has 0 aliphatic rings. The number of pyridine rings is 1. The van der Waals surface area contributed by atoms with Gasteiger partial charge in [-0.2, -0.15) is 0 Å². The minimum absolute atomic E-state index is 0.451. The van der Waals surface area contributed by atoms with E-state index in [0.29, 0.717) is 6.67 Å². The molecular weight excluding hydrogens is 430 g/mol. The van der Waals surface area contributed by atoms with Gasteiger partial charge in [0.05, 0.1) is 22.4 Å². The summed E-state index contributed by atoms with van der Waals surface area (Å²) in [5, 5.41) is 2.45. The Morgan fingerprint density at radius 1 is 0.743 bits per heavy atom. The van der Waals surface area contributed by atoms with Crippen molar-refractivity contribution < 1.29 is 0 Å². The Morgan fingerprint density at radius 3 is 2.06 bits per heavy atom. The van der Waals surface area contributed by atoms with E-state index in [4.69, 9.17) is 4.99 Å². The highest BCUT2D eigenvalue weighted by Gasteiger charge is 2.18. The minimum atomic E-state index is 0.451. The number of hydrogen-bond acceptors (Lipinski definition) is 3. The van der Waals surface area contributed by atoms with Crippen LogP contribution in [-0.4, -0.2) is 26.5 Å². The molecule has 0 aliphatic heterocycles. The smallest absolute Gasteiger partial charge is 0.145 e. The van der Waals surface area contributed by atoms with Gasteiger partial charge in [-0.05, 0) is 49.2 Å². The molecule has 0 saturated heterocycles. The molecule has 6 aromatic rings. The second-order valence-corrected chi connectivity index (χ2v) is 8.24. The predicted molar refractivity (Wildman–Crippen MR) is 144 cm³/mol. The molecule has 0 amide bonds. The third-order valence-electron chi connectivity index (χ3n) is 6.26. The van der Waals surface area contributed by atoms with Crippen LogP contribution >= 0.6 is 0 Å². The van der Waals surface area contributed by atoms with Crippen molar-refractivity contribution in [1.29, 1.82) is 0 Å². The quantitative estimate of drug-likeness (QED) is 0.256. The summed E-state index contributed by atoms with van der Waals surface area (Å²) in [6.45, 7) is 4.32. The highest BCUT2D eigenvalue weighted by molar-refractivity contribution is 6.14.